The Morgan fingerprint density at radius 2 is 2.19 bits per heavy atom. The Kier molecular flexibility index (Phi) is 4.73. The Hall–Kier alpha value is -1.10. The van der Waals surface area contributed by atoms with Gasteiger partial charge in [0, 0.05) is 6.54 Å². The second-order valence-electron chi connectivity index (χ2n) is 4.72. The van der Waals surface area contributed by atoms with Gasteiger partial charge in [-0.25, -0.2) is 4.79 Å². The normalized spacial score (nSPS) is 22.1. The lowest BCUT2D eigenvalue weighted by atomic mass is 10.0. The molecule has 0 aromatic rings. The van der Waals surface area contributed by atoms with E-state index in [9.17, 15) is 9.59 Å². The summed E-state index contributed by atoms with van der Waals surface area (Å²) in [5.74, 6) is -0.914. The maximum absolute atomic E-state index is 11.7. The van der Waals surface area contributed by atoms with Gasteiger partial charge in [-0.2, -0.15) is 0 Å². The van der Waals surface area contributed by atoms with Gasteiger partial charge in [-0.3, -0.25) is 4.79 Å². The number of aliphatic carboxylic acids is 1. The molecule has 0 aromatic heterocycles. The van der Waals surface area contributed by atoms with Crippen LogP contribution in [0.5, 0.6) is 0 Å². The van der Waals surface area contributed by atoms with Crippen molar-refractivity contribution in [3.05, 3.63) is 0 Å². The van der Waals surface area contributed by atoms with Gasteiger partial charge in [-0.1, -0.05) is 13.8 Å². The number of rotatable bonds is 5. The van der Waals surface area contributed by atoms with Gasteiger partial charge in [-0.15, -0.1) is 0 Å². The minimum atomic E-state index is -0.951. The van der Waals surface area contributed by atoms with Gasteiger partial charge in [0.1, 0.15) is 6.04 Å². The van der Waals surface area contributed by atoms with Gasteiger partial charge in [0.05, 0.1) is 5.92 Å². The molecule has 1 amide bonds. The van der Waals surface area contributed by atoms with Crippen molar-refractivity contribution in [2.24, 2.45) is 11.8 Å². The molecule has 1 rings (SSSR count). The van der Waals surface area contributed by atoms with Crippen LogP contribution in [-0.2, 0) is 9.59 Å². The van der Waals surface area contributed by atoms with Crippen molar-refractivity contribution in [2.45, 2.75) is 32.7 Å². The predicted octanol–water partition coefficient (Wildman–Crippen LogP) is 0.211. The van der Waals surface area contributed by atoms with Crippen LogP contribution in [0.4, 0.5) is 0 Å². The summed E-state index contributed by atoms with van der Waals surface area (Å²) < 4.78 is 0. The number of carbonyl (C=O) groups excluding carboxylic acids is 1. The summed E-state index contributed by atoms with van der Waals surface area (Å²) in [5, 5.41) is 14.7. The smallest absolute Gasteiger partial charge is 0.326 e. The van der Waals surface area contributed by atoms with E-state index in [1.54, 1.807) is 0 Å². The summed E-state index contributed by atoms with van der Waals surface area (Å²) in [5.41, 5.74) is 0. The molecule has 5 heteroatoms. The van der Waals surface area contributed by atoms with E-state index in [4.69, 9.17) is 5.11 Å². The number of carboxylic acid groups (broad SMARTS) is 1. The van der Waals surface area contributed by atoms with Crippen molar-refractivity contribution in [2.75, 3.05) is 13.1 Å². The Bertz CT molecular complexity index is 260. The molecular weight excluding hydrogens is 208 g/mol. The van der Waals surface area contributed by atoms with Crippen LogP contribution < -0.4 is 10.6 Å². The van der Waals surface area contributed by atoms with Crippen molar-refractivity contribution >= 4 is 11.9 Å². The fourth-order valence-electron chi connectivity index (χ4n) is 1.86. The molecule has 1 heterocycles. The molecule has 2 atom stereocenters. The minimum Gasteiger partial charge on any atom is -0.480 e. The lowest BCUT2D eigenvalue weighted by Gasteiger charge is -2.18. The second-order valence-corrected chi connectivity index (χ2v) is 4.72. The number of hydrogen-bond donors (Lipinski definition) is 3. The third-order valence-corrected chi connectivity index (χ3v) is 2.75. The van der Waals surface area contributed by atoms with Gasteiger partial charge in [-0.05, 0) is 25.3 Å². The van der Waals surface area contributed by atoms with E-state index in [0.717, 1.165) is 13.0 Å². The van der Waals surface area contributed by atoms with Gasteiger partial charge in [0.25, 0.3) is 0 Å². The molecule has 0 aromatic carbocycles. The lowest BCUT2D eigenvalue weighted by molar-refractivity contribution is -0.142. The molecule has 1 aliphatic rings. The summed E-state index contributed by atoms with van der Waals surface area (Å²) >= 11 is 0. The fourth-order valence-corrected chi connectivity index (χ4v) is 1.86. The third kappa shape index (κ3) is 3.81. The van der Waals surface area contributed by atoms with Crippen LogP contribution in [0, 0.1) is 11.8 Å². The van der Waals surface area contributed by atoms with Gasteiger partial charge >= 0.3 is 5.97 Å². The summed E-state index contributed by atoms with van der Waals surface area (Å²) in [6.07, 6.45) is 1.26. The Labute approximate surface area is 95.6 Å². The average Bonchev–Trinajstić information content (AvgIpc) is 2.68. The molecule has 0 spiro atoms. The van der Waals surface area contributed by atoms with E-state index in [-0.39, 0.29) is 17.7 Å². The zero-order valence-electron chi connectivity index (χ0n) is 9.82. The molecule has 3 N–H and O–H groups in total. The first kappa shape index (κ1) is 13.0. The van der Waals surface area contributed by atoms with Crippen LogP contribution in [-0.4, -0.2) is 36.1 Å². The van der Waals surface area contributed by atoms with Crippen molar-refractivity contribution in [1.82, 2.24) is 10.6 Å². The quantitative estimate of drug-likeness (QED) is 0.628. The average molecular weight is 228 g/mol. The molecule has 0 saturated carbocycles. The summed E-state index contributed by atoms with van der Waals surface area (Å²) in [4.78, 5) is 22.7. The zero-order chi connectivity index (χ0) is 12.1. The number of carbonyl (C=O) groups is 2. The Balaban J connectivity index is 2.47. The molecule has 92 valence electrons. The van der Waals surface area contributed by atoms with Gasteiger partial charge in [0.15, 0.2) is 0 Å². The molecule has 0 bridgehead atoms. The first-order valence-corrected chi connectivity index (χ1v) is 5.74. The summed E-state index contributed by atoms with van der Waals surface area (Å²) in [7, 11) is 0. The highest BCUT2D eigenvalue weighted by Gasteiger charge is 2.27. The zero-order valence-corrected chi connectivity index (χ0v) is 9.82. The van der Waals surface area contributed by atoms with Crippen molar-refractivity contribution < 1.29 is 14.7 Å². The number of nitrogens with one attached hydrogen (secondary N) is 2. The Morgan fingerprint density at radius 1 is 1.50 bits per heavy atom. The monoisotopic (exact) mass is 228 g/mol. The van der Waals surface area contributed by atoms with Crippen LogP contribution in [0.15, 0.2) is 0 Å². The Morgan fingerprint density at radius 3 is 2.62 bits per heavy atom. The highest BCUT2D eigenvalue weighted by molar-refractivity contribution is 5.85. The van der Waals surface area contributed by atoms with Crippen LogP contribution >= 0.6 is 0 Å². The molecule has 5 nitrogen and oxygen atoms in total. The predicted molar refractivity (Wildman–Crippen MR) is 60.0 cm³/mol. The van der Waals surface area contributed by atoms with E-state index >= 15 is 0 Å². The maximum Gasteiger partial charge on any atom is 0.326 e. The van der Waals surface area contributed by atoms with Gasteiger partial charge < -0.3 is 15.7 Å². The fraction of sp³-hybridized carbons (Fsp3) is 0.818. The topological polar surface area (TPSA) is 78.4 Å². The number of carboxylic acids is 1. The lowest BCUT2D eigenvalue weighted by Crippen LogP contribution is -2.44. The molecule has 16 heavy (non-hydrogen) atoms. The van der Waals surface area contributed by atoms with Crippen LogP contribution in [0.3, 0.4) is 0 Å². The molecule has 0 radical (unpaired) electrons. The third-order valence-electron chi connectivity index (χ3n) is 2.75. The van der Waals surface area contributed by atoms with E-state index in [0.29, 0.717) is 13.0 Å². The largest absolute Gasteiger partial charge is 0.480 e. The standard InChI is InChI=1S/C11H20N2O3/c1-7(2)5-9(11(15)16)13-10(14)8-3-4-12-6-8/h7-9,12H,3-6H2,1-2H3,(H,13,14)(H,15,16)/t8?,9-/m1/s1. The van der Waals surface area contributed by atoms with E-state index < -0.39 is 12.0 Å². The summed E-state index contributed by atoms with van der Waals surface area (Å²) in [6.45, 7) is 5.37. The van der Waals surface area contributed by atoms with E-state index in [2.05, 4.69) is 10.6 Å². The molecule has 1 saturated heterocycles. The first-order valence-electron chi connectivity index (χ1n) is 5.74. The molecular formula is C11H20N2O3. The van der Waals surface area contributed by atoms with E-state index in [1.165, 1.54) is 0 Å². The maximum atomic E-state index is 11.7. The second kappa shape index (κ2) is 5.84. The van der Waals surface area contributed by atoms with Crippen molar-refractivity contribution in [1.29, 1.82) is 0 Å². The van der Waals surface area contributed by atoms with Crippen molar-refractivity contribution in [3.8, 4) is 0 Å². The number of hydrogen-bond acceptors (Lipinski definition) is 3. The minimum absolute atomic E-state index is 0.0750. The molecule has 1 aliphatic heterocycles. The van der Waals surface area contributed by atoms with Crippen LogP contribution in [0.25, 0.3) is 0 Å². The van der Waals surface area contributed by atoms with Crippen LogP contribution in [0.2, 0.25) is 0 Å². The molecule has 0 aliphatic carbocycles. The SMILES string of the molecule is CC(C)C[C@@H](NC(=O)C1CCNC1)C(=O)O. The molecule has 1 unspecified atom stereocenters. The summed E-state index contributed by atoms with van der Waals surface area (Å²) in [6, 6.07) is -0.756. The highest BCUT2D eigenvalue weighted by Crippen LogP contribution is 2.10. The number of amides is 1. The first-order chi connectivity index (χ1) is 7.50. The van der Waals surface area contributed by atoms with Crippen LogP contribution in [0.1, 0.15) is 26.7 Å². The van der Waals surface area contributed by atoms with Crippen molar-refractivity contribution in [3.63, 3.8) is 0 Å². The highest BCUT2D eigenvalue weighted by atomic mass is 16.4. The van der Waals surface area contributed by atoms with E-state index in [1.807, 2.05) is 13.8 Å². The molecule has 1 fully saturated rings. The van der Waals surface area contributed by atoms with Gasteiger partial charge in [0.2, 0.25) is 5.91 Å².